The van der Waals surface area contributed by atoms with Gasteiger partial charge in [0, 0.05) is 42.0 Å². The third kappa shape index (κ3) is 6.12. The molecule has 0 radical (unpaired) electrons. The van der Waals surface area contributed by atoms with Crippen LogP contribution in [-0.2, 0) is 9.53 Å². The first-order valence-corrected chi connectivity index (χ1v) is 14.6. The molecule has 10 heteroatoms. The van der Waals surface area contributed by atoms with Crippen LogP contribution in [0.3, 0.4) is 0 Å². The summed E-state index contributed by atoms with van der Waals surface area (Å²) in [5.74, 6) is -0.341. The molecule has 0 unspecified atom stereocenters. The summed E-state index contributed by atoms with van der Waals surface area (Å²) >= 11 is 7.72. The van der Waals surface area contributed by atoms with Gasteiger partial charge in [-0.1, -0.05) is 23.7 Å². The Bertz CT molecular complexity index is 1530. The van der Waals surface area contributed by atoms with Crippen LogP contribution in [0.2, 0.25) is 5.02 Å². The molecule has 0 bridgehead atoms. The second kappa shape index (κ2) is 11.4. The standard InChI is InChI=1S/C30H34ClN5O3S/c1-18-17-22-26(24(19-7-9-20(31)10-8-19)23(18)25(28(37)38)39-30(2,3)4)40-27(33-22)21-11-12-32-29(34-21)36-14-6-13-35(5)15-16-36/h7-12,17,25H,6,13-16H2,1-5H3,(H,37,38)/t25-/m0/s1. The van der Waals surface area contributed by atoms with Gasteiger partial charge in [0.05, 0.1) is 15.8 Å². The number of aryl methyl sites for hydroxylation is 1. The smallest absolute Gasteiger partial charge is 0.337 e. The number of rotatable bonds is 6. The van der Waals surface area contributed by atoms with Crippen LogP contribution in [0.25, 0.3) is 32.0 Å². The van der Waals surface area contributed by atoms with Gasteiger partial charge in [-0.25, -0.2) is 19.7 Å². The van der Waals surface area contributed by atoms with Gasteiger partial charge in [-0.15, -0.1) is 11.3 Å². The van der Waals surface area contributed by atoms with E-state index in [2.05, 4.69) is 21.8 Å². The van der Waals surface area contributed by atoms with Gasteiger partial charge in [0.2, 0.25) is 5.95 Å². The number of hydrogen-bond donors (Lipinski definition) is 1. The van der Waals surface area contributed by atoms with E-state index in [9.17, 15) is 9.90 Å². The highest BCUT2D eigenvalue weighted by Crippen LogP contribution is 2.44. The molecule has 40 heavy (non-hydrogen) atoms. The number of likely N-dealkylation sites (N-methyl/N-ethyl adjacent to an activating group) is 1. The van der Waals surface area contributed by atoms with E-state index in [-0.39, 0.29) is 0 Å². The zero-order chi connectivity index (χ0) is 28.6. The van der Waals surface area contributed by atoms with Crippen molar-refractivity contribution in [2.24, 2.45) is 0 Å². The molecule has 0 amide bonds. The van der Waals surface area contributed by atoms with Gasteiger partial charge in [0.1, 0.15) is 10.7 Å². The summed E-state index contributed by atoms with van der Waals surface area (Å²) < 4.78 is 7.00. The normalized spacial score (nSPS) is 15.8. The third-order valence-electron chi connectivity index (χ3n) is 6.88. The Hall–Kier alpha value is -3.11. The van der Waals surface area contributed by atoms with Crippen LogP contribution in [0.5, 0.6) is 0 Å². The molecule has 4 aromatic rings. The molecule has 2 aromatic heterocycles. The van der Waals surface area contributed by atoms with Gasteiger partial charge < -0.3 is 19.6 Å². The number of ether oxygens (including phenoxy) is 1. The van der Waals surface area contributed by atoms with Crippen molar-refractivity contribution in [2.45, 2.75) is 45.8 Å². The molecule has 0 aliphatic carbocycles. The van der Waals surface area contributed by atoms with Crippen LogP contribution in [0, 0.1) is 6.92 Å². The number of carbonyl (C=O) groups is 1. The van der Waals surface area contributed by atoms with Gasteiger partial charge in [0.15, 0.2) is 6.10 Å². The van der Waals surface area contributed by atoms with Gasteiger partial charge in [-0.2, -0.15) is 0 Å². The summed E-state index contributed by atoms with van der Waals surface area (Å²) in [6.07, 6.45) is 1.68. The topological polar surface area (TPSA) is 91.7 Å². The van der Waals surface area contributed by atoms with Crippen molar-refractivity contribution in [2.75, 3.05) is 38.1 Å². The van der Waals surface area contributed by atoms with E-state index in [1.165, 1.54) is 11.3 Å². The number of fused-ring (bicyclic) bond motifs is 1. The number of aromatic nitrogens is 3. The van der Waals surface area contributed by atoms with Crippen molar-refractivity contribution in [1.29, 1.82) is 0 Å². The average molecular weight is 580 g/mol. The lowest BCUT2D eigenvalue weighted by atomic mass is 9.91. The molecule has 2 aromatic carbocycles. The number of aliphatic carboxylic acids is 1. The van der Waals surface area contributed by atoms with E-state index in [0.29, 0.717) is 16.5 Å². The zero-order valence-corrected chi connectivity index (χ0v) is 25.0. The summed E-state index contributed by atoms with van der Waals surface area (Å²) in [6, 6.07) is 11.3. The summed E-state index contributed by atoms with van der Waals surface area (Å²) in [4.78, 5) is 31.6. The Morgan fingerprint density at radius 1 is 1.10 bits per heavy atom. The monoisotopic (exact) mass is 579 g/mol. The first-order chi connectivity index (χ1) is 19.0. The molecular formula is C30H34ClN5O3S. The highest BCUT2D eigenvalue weighted by atomic mass is 35.5. The zero-order valence-electron chi connectivity index (χ0n) is 23.4. The number of anilines is 1. The maximum Gasteiger partial charge on any atom is 0.337 e. The van der Waals surface area contributed by atoms with Crippen LogP contribution in [0.4, 0.5) is 5.95 Å². The van der Waals surface area contributed by atoms with Gasteiger partial charge in [0.25, 0.3) is 0 Å². The molecule has 1 aliphatic rings. The molecular weight excluding hydrogens is 546 g/mol. The quantitative estimate of drug-likeness (QED) is 0.278. The molecule has 8 nitrogen and oxygen atoms in total. The molecule has 210 valence electrons. The molecule has 3 heterocycles. The van der Waals surface area contributed by atoms with E-state index < -0.39 is 17.7 Å². The molecule has 1 atom stereocenters. The Morgan fingerprint density at radius 3 is 2.55 bits per heavy atom. The number of halogens is 1. The minimum absolute atomic E-state index is 0.605. The van der Waals surface area contributed by atoms with E-state index >= 15 is 0 Å². The van der Waals surface area contributed by atoms with Crippen LogP contribution >= 0.6 is 22.9 Å². The van der Waals surface area contributed by atoms with E-state index in [0.717, 1.165) is 70.2 Å². The predicted molar refractivity (Wildman–Crippen MR) is 161 cm³/mol. The lowest BCUT2D eigenvalue weighted by Gasteiger charge is -2.28. The number of nitrogens with zero attached hydrogens (tertiary/aromatic N) is 5. The Morgan fingerprint density at radius 2 is 1.85 bits per heavy atom. The van der Waals surface area contributed by atoms with Crippen LogP contribution in [0.15, 0.2) is 42.6 Å². The van der Waals surface area contributed by atoms with Crippen molar-refractivity contribution >= 4 is 45.1 Å². The maximum atomic E-state index is 12.6. The average Bonchev–Trinajstić information content (AvgIpc) is 3.19. The summed E-state index contributed by atoms with van der Waals surface area (Å²) in [5, 5.41) is 11.6. The van der Waals surface area contributed by atoms with Crippen molar-refractivity contribution in [3.05, 3.63) is 58.7 Å². The Labute approximate surface area is 243 Å². The van der Waals surface area contributed by atoms with Gasteiger partial charge in [-0.05, 0) is 83.1 Å². The third-order valence-corrected chi connectivity index (χ3v) is 8.25. The number of carboxylic acid groups (broad SMARTS) is 1. The molecule has 0 saturated carbocycles. The minimum atomic E-state index is -1.16. The predicted octanol–water partition coefficient (Wildman–Crippen LogP) is 6.46. The number of carboxylic acids is 1. The van der Waals surface area contributed by atoms with E-state index in [1.807, 2.05) is 64.1 Å². The number of benzene rings is 2. The molecule has 1 fully saturated rings. The van der Waals surface area contributed by atoms with Crippen molar-refractivity contribution < 1.29 is 14.6 Å². The lowest BCUT2D eigenvalue weighted by Crippen LogP contribution is -2.30. The van der Waals surface area contributed by atoms with Crippen molar-refractivity contribution in [3.8, 4) is 21.8 Å². The molecule has 5 rings (SSSR count). The summed E-state index contributed by atoms with van der Waals surface area (Å²) in [7, 11) is 2.14. The number of hydrogen-bond acceptors (Lipinski definition) is 8. The van der Waals surface area contributed by atoms with E-state index in [4.69, 9.17) is 26.3 Å². The Kier molecular flexibility index (Phi) is 8.10. The highest BCUT2D eigenvalue weighted by Gasteiger charge is 2.32. The number of thiazole rings is 1. The fraction of sp³-hybridized carbons (Fsp3) is 0.400. The Balaban J connectivity index is 1.66. The largest absolute Gasteiger partial charge is 0.479 e. The summed E-state index contributed by atoms with van der Waals surface area (Å²) in [6.45, 7) is 11.3. The molecule has 1 N–H and O–H groups in total. The summed E-state index contributed by atoms with van der Waals surface area (Å²) in [5.41, 5.74) is 3.90. The van der Waals surface area contributed by atoms with Crippen molar-refractivity contribution in [3.63, 3.8) is 0 Å². The van der Waals surface area contributed by atoms with Crippen LogP contribution in [0.1, 0.15) is 44.4 Å². The maximum absolute atomic E-state index is 12.6. The van der Waals surface area contributed by atoms with E-state index in [1.54, 1.807) is 6.20 Å². The van der Waals surface area contributed by atoms with Gasteiger partial charge in [-0.3, -0.25) is 0 Å². The first-order valence-electron chi connectivity index (χ1n) is 13.4. The molecule has 1 saturated heterocycles. The highest BCUT2D eigenvalue weighted by molar-refractivity contribution is 7.22. The molecule has 1 aliphatic heterocycles. The SMILES string of the molecule is Cc1cc2nc(-c3ccnc(N4CCCN(C)CC4)n3)sc2c(-c2ccc(Cl)cc2)c1[C@H](OC(C)(C)C)C(=O)O. The second-order valence-electron chi connectivity index (χ2n) is 11.2. The van der Waals surface area contributed by atoms with Crippen LogP contribution < -0.4 is 4.90 Å². The van der Waals surface area contributed by atoms with Crippen molar-refractivity contribution in [1.82, 2.24) is 19.9 Å². The minimum Gasteiger partial charge on any atom is -0.479 e. The fourth-order valence-corrected chi connectivity index (χ4v) is 6.24. The molecule has 0 spiro atoms. The van der Waals surface area contributed by atoms with Crippen LogP contribution in [-0.4, -0.2) is 69.8 Å². The first kappa shape index (κ1) is 28.4. The van der Waals surface area contributed by atoms with Gasteiger partial charge >= 0.3 is 5.97 Å². The second-order valence-corrected chi connectivity index (χ2v) is 12.6. The fourth-order valence-electron chi connectivity index (χ4n) is 5.01. The lowest BCUT2D eigenvalue weighted by molar-refractivity contribution is -0.160.